The molecule has 2 aliphatic heterocycles. The molecule has 0 radical (unpaired) electrons. The molecule has 0 aliphatic carbocycles. The zero-order valence-corrected chi connectivity index (χ0v) is 8.83. The van der Waals surface area contributed by atoms with Gasteiger partial charge in [0.05, 0.1) is 17.1 Å². The van der Waals surface area contributed by atoms with Gasteiger partial charge >= 0.3 is 0 Å². The van der Waals surface area contributed by atoms with Gasteiger partial charge in [-0.3, -0.25) is 5.32 Å². The third-order valence-corrected chi connectivity index (χ3v) is 3.97. The molecule has 2 fully saturated rings. The minimum absolute atomic E-state index is 0.0735. The largest absolute Gasteiger partial charge is 0.373 e. The zero-order valence-electron chi connectivity index (χ0n) is 8.02. The van der Waals surface area contributed by atoms with Crippen molar-refractivity contribution in [3.63, 3.8) is 0 Å². The van der Waals surface area contributed by atoms with Crippen LogP contribution in [-0.4, -0.2) is 28.9 Å². The molecular formula is C9H17NOS. The van der Waals surface area contributed by atoms with Crippen molar-refractivity contribution in [2.24, 2.45) is 0 Å². The fraction of sp³-hybridized carbons (Fsp3) is 1.00. The smallest absolute Gasteiger partial charge is 0.0912 e. The van der Waals surface area contributed by atoms with E-state index >= 15 is 0 Å². The van der Waals surface area contributed by atoms with Gasteiger partial charge in [-0.15, -0.1) is 11.8 Å². The molecule has 0 aromatic heterocycles. The number of nitrogens with one attached hydrogen (secondary N) is 1. The number of rotatable bonds is 0. The van der Waals surface area contributed by atoms with Crippen molar-refractivity contribution >= 4 is 11.8 Å². The van der Waals surface area contributed by atoms with Gasteiger partial charge in [-0.05, 0) is 13.8 Å². The molecule has 2 heterocycles. The Hall–Kier alpha value is 0.270. The molecular weight excluding hydrogens is 170 g/mol. The minimum atomic E-state index is 0.0735. The van der Waals surface area contributed by atoms with Crippen molar-refractivity contribution < 1.29 is 4.74 Å². The predicted octanol–water partition coefficient (Wildman–Crippen LogP) is 1.61. The Kier molecular flexibility index (Phi) is 1.94. The van der Waals surface area contributed by atoms with Gasteiger partial charge in [-0.25, -0.2) is 0 Å². The first-order valence-electron chi connectivity index (χ1n) is 4.58. The van der Waals surface area contributed by atoms with Crippen molar-refractivity contribution in [3.05, 3.63) is 0 Å². The highest BCUT2D eigenvalue weighted by molar-refractivity contribution is 8.01. The van der Waals surface area contributed by atoms with E-state index in [2.05, 4.69) is 26.1 Å². The lowest BCUT2D eigenvalue weighted by atomic mass is 10.0. The van der Waals surface area contributed by atoms with E-state index in [-0.39, 0.29) is 10.5 Å². The molecule has 1 spiro atoms. The quantitative estimate of drug-likeness (QED) is 0.622. The molecule has 0 aromatic rings. The van der Waals surface area contributed by atoms with E-state index in [1.165, 1.54) is 0 Å². The van der Waals surface area contributed by atoms with Crippen LogP contribution in [0.2, 0.25) is 0 Å². The first-order chi connectivity index (χ1) is 5.52. The molecule has 2 nitrogen and oxygen atoms in total. The van der Waals surface area contributed by atoms with Gasteiger partial charge in [0, 0.05) is 18.2 Å². The minimum Gasteiger partial charge on any atom is -0.373 e. The Morgan fingerprint density at radius 2 is 2.25 bits per heavy atom. The highest BCUT2D eigenvalue weighted by atomic mass is 32.2. The van der Waals surface area contributed by atoms with Gasteiger partial charge in [0.15, 0.2) is 0 Å². The summed E-state index contributed by atoms with van der Waals surface area (Å²) in [5, 5.41) is 4.31. The van der Waals surface area contributed by atoms with Crippen LogP contribution in [0.3, 0.4) is 0 Å². The number of hydrogen-bond donors (Lipinski definition) is 1. The van der Waals surface area contributed by atoms with Crippen molar-refractivity contribution in [2.75, 3.05) is 13.2 Å². The molecule has 2 atom stereocenters. The van der Waals surface area contributed by atoms with Crippen LogP contribution in [0.4, 0.5) is 0 Å². The van der Waals surface area contributed by atoms with Crippen LogP contribution in [0.1, 0.15) is 27.2 Å². The first-order valence-corrected chi connectivity index (χ1v) is 5.46. The van der Waals surface area contributed by atoms with E-state index in [1.54, 1.807) is 0 Å². The molecule has 0 aromatic carbocycles. The molecule has 2 unspecified atom stereocenters. The van der Waals surface area contributed by atoms with E-state index in [4.69, 9.17) is 4.74 Å². The van der Waals surface area contributed by atoms with Gasteiger partial charge in [0.2, 0.25) is 0 Å². The third-order valence-electron chi connectivity index (χ3n) is 2.55. The monoisotopic (exact) mass is 187 g/mol. The van der Waals surface area contributed by atoms with Crippen molar-refractivity contribution in [2.45, 2.75) is 42.9 Å². The van der Waals surface area contributed by atoms with Gasteiger partial charge < -0.3 is 4.74 Å². The van der Waals surface area contributed by atoms with Crippen LogP contribution in [0.15, 0.2) is 0 Å². The van der Waals surface area contributed by atoms with Crippen LogP contribution >= 0.6 is 11.8 Å². The summed E-state index contributed by atoms with van der Waals surface area (Å²) in [4.78, 5) is 0.239. The molecule has 0 saturated carbocycles. The molecule has 0 bridgehead atoms. The third kappa shape index (κ3) is 1.50. The second kappa shape index (κ2) is 2.63. The van der Waals surface area contributed by atoms with Gasteiger partial charge in [-0.2, -0.15) is 0 Å². The summed E-state index contributed by atoms with van der Waals surface area (Å²) in [7, 11) is 0. The van der Waals surface area contributed by atoms with E-state index in [1.807, 2.05) is 11.8 Å². The molecule has 12 heavy (non-hydrogen) atoms. The summed E-state index contributed by atoms with van der Waals surface area (Å²) in [5.41, 5.74) is 0.0735. The summed E-state index contributed by atoms with van der Waals surface area (Å²) < 4.78 is 5.74. The second-order valence-electron chi connectivity index (χ2n) is 4.53. The maximum Gasteiger partial charge on any atom is 0.0912 e. The number of hydrogen-bond acceptors (Lipinski definition) is 3. The van der Waals surface area contributed by atoms with Crippen molar-refractivity contribution in [3.8, 4) is 0 Å². The van der Waals surface area contributed by atoms with E-state index in [0.717, 1.165) is 24.8 Å². The fourth-order valence-electron chi connectivity index (χ4n) is 2.09. The molecule has 2 aliphatic rings. The molecule has 2 saturated heterocycles. The van der Waals surface area contributed by atoms with Crippen molar-refractivity contribution in [1.29, 1.82) is 0 Å². The van der Waals surface area contributed by atoms with Gasteiger partial charge in [0.1, 0.15) is 0 Å². The SMILES string of the molecule is CC1CNC2(COC(C)(C)C2)S1. The fourth-order valence-corrected chi connectivity index (χ4v) is 3.75. The van der Waals surface area contributed by atoms with E-state index < -0.39 is 0 Å². The van der Waals surface area contributed by atoms with Crippen LogP contribution in [0.25, 0.3) is 0 Å². The summed E-state index contributed by atoms with van der Waals surface area (Å²) in [5.74, 6) is 0. The highest BCUT2D eigenvalue weighted by Crippen LogP contribution is 2.44. The molecule has 0 amide bonds. The highest BCUT2D eigenvalue weighted by Gasteiger charge is 2.48. The Balaban J connectivity index is 2.06. The summed E-state index contributed by atoms with van der Waals surface area (Å²) in [6.45, 7) is 8.62. The van der Waals surface area contributed by atoms with Gasteiger partial charge in [-0.1, -0.05) is 6.92 Å². The molecule has 2 rings (SSSR count). The Bertz CT molecular complexity index is 195. The van der Waals surface area contributed by atoms with E-state index in [0.29, 0.717) is 0 Å². The molecule has 1 N–H and O–H groups in total. The summed E-state index contributed by atoms with van der Waals surface area (Å²) >= 11 is 2.04. The average Bonchev–Trinajstić information content (AvgIpc) is 2.41. The lowest BCUT2D eigenvalue weighted by Crippen LogP contribution is -2.38. The van der Waals surface area contributed by atoms with Crippen LogP contribution in [0.5, 0.6) is 0 Å². The Morgan fingerprint density at radius 1 is 1.50 bits per heavy atom. The van der Waals surface area contributed by atoms with E-state index in [9.17, 15) is 0 Å². The lowest BCUT2D eigenvalue weighted by Gasteiger charge is -2.22. The van der Waals surface area contributed by atoms with Crippen LogP contribution < -0.4 is 5.32 Å². The topological polar surface area (TPSA) is 21.3 Å². The summed E-state index contributed by atoms with van der Waals surface area (Å²) in [6, 6.07) is 0. The standard InChI is InChI=1S/C9H17NOS/c1-7-4-10-9(12-7)5-8(2,3)11-6-9/h7,10H,4-6H2,1-3H3. The normalized spacial score (nSPS) is 45.8. The Labute approximate surface area is 78.4 Å². The molecule has 70 valence electrons. The maximum atomic E-state index is 5.74. The molecule has 3 heteroatoms. The van der Waals surface area contributed by atoms with Crippen LogP contribution in [-0.2, 0) is 4.74 Å². The van der Waals surface area contributed by atoms with Gasteiger partial charge in [0.25, 0.3) is 0 Å². The summed E-state index contributed by atoms with van der Waals surface area (Å²) in [6.07, 6.45) is 1.13. The zero-order chi connectivity index (χ0) is 8.82. The Morgan fingerprint density at radius 3 is 2.67 bits per heavy atom. The second-order valence-corrected chi connectivity index (χ2v) is 6.35. The first kappa shape index (κ1) is 8.85. The maximum absolute atomic E-state index is 5.74. The number of thioether (sulfide) groups is 1. The number of ether oxygens (including phenoxy) is 1. The lowest BCUT2D eigenvalue weighted by molar-refractivity contribution is 0.0353. The predicted molar refractivity (Wildman–Crippen MR) is 52.4 cm³/mol. The average molecular weight is 187 g/mol. The van der Waals surface area contributed by atoms with Crippen molar-refractivity contribution in [1.82, 2.24) is 5.32 Å². The van der Waals surface area contributed by atoms with Crippen LogP contribution in [0, 0.1) is 0 Å².